The van der Waals surface area contributed by atoms with Crippen molar-refractivity contribution in [1.29, 1.82) is 0 Å². The molecule has 0 radical (unpaired) electrons. The van der Waals surface area contributed by atoms with E-state index < -0.39 is 8.32 Å². The van der Waals surface area contributed by atoms with E-state index in [1.54, 1.807) is 0 Å². The summed E-state index contributed by atoms with van der Waals surface area (Å²) >= 11 is 0. The number of rotatable bonds is 6. The minimum absolute atomic E-state index is 0.243. The van der Waals surface area contributed by atoms with E-state index in [4.69, 9.17) is 4.43 Å². The van der Waals surface area contributed by atoms with Gasteiger partial charge in [-0.2, -0.15) is 0 Å². The van der Waals surface area contributed by atoms with Crippen LogP contribution in [0.2, 0.25) is 18.1 Å². The van der Waals surface area contributed by atoms with E-state index in [1.807, 2.05) is 0 Å². The Morgan fingerprint density at radius 3 is 2.00 bits per heavy atom. The van der Waals surface area contributed by atoms with E-state index in [0.29, 0.717) is 18.4 Å². The van der Waals surface area contributed by atoms with Gasteiger partial charge in [0.05, 0.1) is 0 Å². The molecule has 0 amide bonds. The second-order valence-corrected chi connectivity index (χ2v) is 11.6. The van der Waals surface area contributed by atoms with Crippen molar-refractivity contribution in [3.05, 3.63) is 0 Å². The molecule has 3 heteroatoms. The standard InChI is InChI=1S/C13H30O2Si/c1-11(2)8-12(9-14)10-15-16(6,7)13(3,4)5/h11-12,14H,8-10H2,1-7H3/t12-/m0/s1. The van der Waals surface area contributed by atoms with Gasteiger partial charge in [0, 0.05) is 19.1 Å². The van der Waals surface area contributed by atoms with Gasteiger partial charge in [0.1, 0.15) is 0 Å². The van der Waals surface area contributed by atoms with E-state index in [9.17, 15) is 5.11 Å². The molecule has 0 aromatic rings. The van der Waals surface area contributed by atoms with Gasteiger partial charge in [-0.1, -0.05) is 34.6 Å². The molecule has 0 saturated carbocycles. The first-order valence-corrected chi connectivity index (χ1v) is 9.25. The Labute approximate surface area is 103 Å². The Balaban J connectivity index is 4.20. The molecule has 0 aromatic heterocycles. The summed E-state index contributed by atoms with van der Waals surface area (Å²) in [6, 6.07) is 0. The number of aliphatic hydroxyl groups is 1. The summed E-state index contributed by atoms with van der Waals surface area (Å²) in [4.78, 5) is 0. The second kappa shape index (κ2) is 6.17. The van der Waals surface area contributed by atoms with Gasteiger partial charge >= 0.3 is 0 Å². The van der Waals surface area contributed by atoms with Crippen LogP contribution in [-0.4, -0.2) is 26.6 Å². The maximum atomic E-state index is 9.31. The smallest absolute Gasteiger partial charge is 0.191 e. The normalized spacial score (nSPS) is 15.6. The van der Waals surface area contributed by atoms with Gasteiger partial charge < -0.3 is 9.53 Å². The molecule has 0 rings (SSSR count). The molecule has 0 heterocycles. The van der Waals surface area contributed by atoms with Crippen molar-refractivity contribution in [1.82, 2.24) is 0 Å². The van der Waals surface area contributed by atoms with Crippen LogP contribution >= 0.6 is 0 Å². The zero-order valence-corrected chi connectivity index (χ0v) is 13.1. The maximum absolute atomic E-state index is 9.31. The summed E-state index contributed by atoms with van der Waals surface area (Å²) in [5.41, 5.74) is 0. The van der Waals surface area contributed by atoms with Gasteiger partial charge in [-0.15, -0.1) is 0 Å². The van der Waals surface area contributed by atoms with E-state index in [0.717, 1.165) is 6.42 Å². The summed E-state index contributed by atoms with van der Waals surface area (Å²) in [6.45, 7) is 16.6. The third kappa shape index (κ3) is 5.46. The topological polar surface area (TPSA) is 29.5 Å². The van der Waals surface area contributed by atoms with Gasteiger partial charge in [-0.3, -0.25) is 0 Å². The highest BCUT2D eigenvalue weighted by Gasteiger charge is 2.37. The van der Waals surface area contributed by atoms with Gasteiger partial charge in [-0.05, 0) is 30.5 Å². The molecular formula is C13H30O2Si. The molecule has 1 atom stereocenters. The zero-order valence-electron chi connectivity index (χ0n) is 12.1. The summed E-state index contributed by atoms with van der Waals surface area (Å²) in [7, 11) is -1.65. The molecule has 0 aliphatic carbocycles. The quantitative estimate of drug-likeness (QED) is 0.725. The predicted octanol–water partition coefficient (Wildman–Crippen LogP) is 3.66. The Morgan fingerprint density at radius 1 is 1.19 bits per heavy atom. The molecule has 1 N–H and O–H groups in total. The fourth-order valence-corrected chi connectivity index (χ4v) is 2.49. The summed E-state index contributed by atoms with van der Waals surface area (Å²) < 4.78 is 6.13. The Bertz CT molecular complexity index is 195. The van der Waals surface area contributed by atoms with Crippen LogP contribution in [0, 0.1) is 11.8 Å². The second-order valence-electron chi connectivity index (χ2n) is 6.75. The first-order valence-electron chi connectivity index (χ1n) is 6.35. The zero-order chi connectivity index (χ0) is 13.0. The third-order valence-electron chi connectivity index (χ3n) is 3.55. The van der Waals surface area contributed by atoms with Crippen molar-refractivity contribution in [3.8, 4) is 0 Å². The highest BCUT2D eigenvalue weighted by Crippen LogP contribution is 2.36. The van der Waals surface area contributed by atoms with Crippen molar-refractivity contribution in [3.63, 3.8) is 0 Å². The summed E-state index contributed by atoms with van der Waals surface area (Å²) in [6.07, 6.45) is 1.05. The van der Waals surface area contributed by atoms with Crippen molar-refractivity contribution in [2.45, 2.75) is 59.2 Å². The van der Waals surface area contributed by atoms with E-state index in [2.05, 4.69) is 47.7 Å². The monoisotopic (exact) mass is 246 g/mol. The van der Waals surface area contributed by atoms with Crippen LogP contribution in [0.25, 0.3) is 0 Å². The maximum Gasteiger partial charge on any atom is 0.191 e. The van der Waals surface area contributed by atoms with Crippen LogP contribution in [0.4, 0.5) is 0 Å². The lowest BCUT2D eigenvalue weighted by molar-refractivity contribution is 0.138. The van der Waals surface area contributed by atoms with E-state index in [-0.39, 0.29) is 11.6 Å². The third-order valence-corrected chi connectivity index (χ3v) is 8.05. The number of hydrogen-bond donors (Lipinski definition) is 1. The van der Waals surface area contributed by atoms with Crippen LogP contribution in [-0.2, 0) is 4.43 Å². The Morgan fingerprint density at radius 2 is 1.69 bits per heavy atom. The minimum atomic E-state index is -1.65. The van der Waals surface area contributed by atoms with Crippen LogP contribution in [0.1, 0.15) is 41.0 Å². The van der Waals surface area contributed by atoms with Crippen LogP contribution in [0.3, 0.4) is 0 Å². The number of hydrogen-bond acceptors (Lipinski definition) is 2. The molecule has 16 heavy (non-hydrogen) atoms. The molecule has 2 nitrogen and oxygen atoms in total. The van der Waals surface area contributed by atoms with Gasteiger partial charge in [0.2, 0.25) is 0 Å². The minimum Gasteiger partial charge on any atom is -0.416 e. The first-order chi connectivity index (χ1) is 7.10. The molecule has 0 aliphatic heterocycles. The Kier molecular flexibility index (Phi) is 6.23. The van der Waals surface area contributed by atoms with Gasteiger partial charge in [0.15, 0.2) is 8.32 Å². The molecule has 0 fully saturated rings. The SMILES string of the molecule is CC(C)C[C@@H](CO)CO[Si](C)(C)C(C)(C)C. The molecule has 0 aromatic carbocycles. The lowest BCUT2D eigenvalue weighted by Gasteiger charge is -2.37. The van der Waals surface area contributed by atoms with Gasteiger partial charge in [0.25, 0.3) is 0 Å². The molecule has 0 spiro atoms. The van der Waals surface area contributed by atoms with Crippen molar-refractivity contribution < 1.29 is 9.53 Å². The highest BCUT2D eigenvalue weighted by molar-refractivity contribution is 6.74. The average Bonchev–Trinajstić information content (AvgIpc) is 2.09. The fraction of sp³-hybridized carbons (Fsp3) is 1.00. The Hall–Kier alpha value is 0.137. The molecule has 0 unspecified atom stereocenters. The summed E-state index contributed by atoms with van der Waals surface area (Å²) in [5.74, 6) is 0.925. The van der Waals surface area contributed by atoms with Crippen LogP contribution < -0.4 is 0 Å². The highest BCUT2D eigenvalue weighted by atomic mass is 28.4. The van der Waals surface area contributed by atoms with Crippen LogP contribution in [0.15, 0.2) is 0 Å². The van der Waals surface area contributed by atoms with Crippen molar-refractivity contribution in [2.75, 3.05) is 13.2 Å². The lowest BCUT2D eigenvalue weighted by Crippen LogP contribution is -2.42. The molecule has 0 aliphatic rings. The fourth-order valence-electron chi connectivity index (χ4n) is 1.40. The lowest BCUT2D eigenvalue weighted by atomic mass is 9.99. The number of aliphatic hydroxyl groups excluding tert-OH is 1. The van der Waals surface area contributed by atoms with Crippen LogP contribution in [0.5, 0.6) is 0 Å². The van der Waals surface area contributed by atoms with Gasteiger partial charge in [-0.25, -0.2) is 0 Å². The first kappa shape index (κ1) is 16.1. The summed E-state index contributed by atoms with van der Waals surface area (Å²) in [5, 5.41) is 9.56. The van der Waals surface area contributed by atoms with Crippen molar-refractivity contribution >= 4 is 8.32 Å². The largest absolute Gasteiger partial charge is 0.416 e. The van der Waals surface area contributed by atoms with Crippen molar-refractivity contribution in [2.24, 2.45) is 11.8 Å². The van der Waals surface area contributed by atoms with E-state index in [1.165, 1.54) is 0 Å². The molecular weight excluding hydrogens is 216 g/mol. The molecule has 98 valence electrons. The average molecular weight is 246 g/mol. The predicted molar refractivity (Wildman–Crippen MR) is 73.2 cm³/mol. The molecule has 0 bridgehead atoms. The van der Waals surface area contributed by atoms with E-state index >= 15 is 0 Å². The molecule has 0 saturated heterocycles.